The minimum atomic E-state index is -0.552. The molecule has 1 aromatic carbocycles. The number of likely N-dealkylation sites (tertiary alicyclic amines) is 1. The van der Waals surface area contributed by atoms with E-state index in [1.54, 1.807) is 17.0 Å². The zero-order valence-electron chi connectivity index (χ0n) is 13.3. The molecule has 124 valence electrons. The first-order valence-electron chi connectivity index (χ1n) is 8.01. The second-order valence-electron chi connectivity index (χ2n) is 6.20. The van der Waals surface area contributed by atoms with Gasteiger partial charge in [0.2, 0.25) is 5.91 Å². The normalized spacial score (nSPS) is 25.0. The Labute approximate surface area is 135 Å². The minimum Gasteiger partial charge on any atom is -0.361 e. The van der Waals surface area contributed by atoms with Crippen molar-refractivity contribution in [2.24, 2.45) is 0 Å². The molecule has 2 heterocycles. The summed E-state index contributed by atoms with van der Waals surface area (Å²) < 4.78 is 19.3. The lowest BCUT2D eigenvalue weighted by atomic mass is 9.90. The van der Waals surface area contributed by atoms with E-state index in [-0.39, 0.29) is 24.2 Å². The molecule has 5 nitrogen and oxygen atoms in total. The van der Waals surface area contributed by atoms with Crippen molar-refractivity contribution in [1.29, 1.82) is 0 Å². The Bertz CT molecular complexity index is 622. The van der Waals surface area contributed by atoms with Crippen LogP contribution in [0.3, 0.4) is 0 Å². The fourth-order valence-electron chi connectivity index (χ4n) is 3.38. The average Bonchev–Trinajstić information content (AvgIpc) is 2.57. The number of rotatable bonds is 2. The Morgan fingerprint density at radius 1 is 1.39 bits per heavy atom. The van der Waals surface area contributed by atoms with Crippen LogP contribution >= 0.6 is 0 Å². The highest BCUT2D eigenvalue weighted by Crippen LogP contribution is 2.32. The summed E-state index contributed by atoms with van der Waals surface area (Å²) in [5.74, 6) is -0.454. The minimum absolute atomic E-state index is 0.0370. The molecule has 2 aliphatic heterocycles. The van der Waals surface area contributed by atoms with Gasteiger partial charge in [0, 0.05) is 18.7 Å². The molecule has 1 atom stereocenters. The van der Waals surface area contributed by atoms with Crippen molar-refractivity contribution >= 4 is 17.5 Å². The van der Waals surface area contributed by atoms with E-state index in [2.05, 4.69) is 0 Å². The third-order valence-electron chi connectivity index (χ3n) is 4.56. The molecule has 2 amide bonds. The summed E-state index contributed by atoms with van der Waals surface area (Å²) >= 11 is 0. The van der Waals surface area contributed by atoms with E-state index in [4.69, 9.17) is 4.74 Å². The van der Waals surface area contributed by atoms with Gasteiger partial charge in [0.15, 0.2) is 0 Å². The first-order chi connectivity index (χ1) is 11.0. The standard InChI is InChI=1S/C17H21FN2O3/c1-2-15(21)19-8-4-7-17(11-19)12-20(16(22)10-23-17)14-6-3-5-13(18)9-14/h3,5-6,9H,2,4,7-8,10-12H2,1H3. The summed E-state index contributed by atoms with van der Waals surface area (Å²) in [7, 11) is 0. The van der Waals surface area contributed by atoms with Gasteiger partial charge in [0.25, 0.3) is 5.91 Å². The predicted molar refractivity (Wildman–Crippen MR) is 83.5 cm³/mol. The summed E-state index contributed by atoms with van der Waals surface area (Å²) in [5, 5.41) is 0. The zero-order valence-corrected chi connectivity index (χ0v) is 13.3. The van der Waals surface area contributed by atoms with E-state index >= 15 is 0 Å². The number of anilines is 1. The fourth-order valence-corrected chi connectivity index (χ4v) is 3.38. The lowest BCUT2D eigenvalue weighted by Crippen LogP contribution is -2.62. The highest BCUT2D eigenvalue weighted by Gasteiger charge is 2.44. The van der Waals surface area contributed by atoms with Crippen molar-refractivity contribution in [3.8, 4) is 0 Å². The fraction of sp³-hybridized carbons (Fsp3) is 0.529. The molecule has 2 fully saturated rings. The summed E-state index contributed by atoms with van der Waals surface area (Å²) in [6.07, 6.45) is 2.10. The first kappa shape index (κ1) is 15.9. The molecule has 3 rings (SSSR count). The van der Waals surface area contributed by atoms with Gasteiger partial charge in [0.1, 0.15) is 18.0 Å². The third-order valence-corrected chi connectivity index (χ3v) is 4.56. The molecule has 0 aliphatic carbocycles. The monoisotopic (exact) mass is 320 g/mol. The molecular formula is C17H21FN2O3. The number of hydrogen-bond donors (Lipinski definition) is 0. The number of carbonyl (C=O) groups is 2. The summed E-state index contributed by atoms with van der Waals surface area (Å²) in [6, 6.07) is 6.02. The SMILES string of the molecule is CCC(=O)N1CCCC2(C1)CN(c1cccc(F)c1)C(=O)CO2. The molecule has 1 aromatic rings. The Morgan fingerprint density at radius 3 is 2.96 bits per heavy atom. The lowest BCUT2D eigenvalue weighted by Gasteiger charge is -2.47. The quantitative estimate of drug-likeness (QED) is 0.837. The van der Waals surface area contributed by atoms with Gasteiger partial charge in [-0.25, -0.2) is 4.39 Å². The van der Waals surface area contributed by atoms with Gasteiger partial charge >= 0.3 is 0 Å². The van der Waals surface area contributed by atoms with Crippen molar-refractivity contribution in [3.05, 3.63) is 30.1 Å². The Hall–Kier alpha value is -1.95. The Balaban J connectivity index is 1.82. The van der Waals surface area contributed by atoms with Crippen LogP contribution in [0.5, 0.6) is 0 Å². The molecule has 1 spiro atoms. The number of morpholine rings is 1. The maximum Gasteiger partial charge on any atom is 0.253 e. The van der Waals surface area contributed by atoms with Crippen molar-refractivity contribution < 1.29 is 18.7 Å². The number of nitrogens with zero attached hydrogens (tertiary/aromatic N) is 2. The van der Waals surface area contributed by atoms with Gasteiger partial charge in [-0.3, -0.25) is 9.59 Å². The second kappa shape index (κ2) is 6.28. The van der Waals surface area contributed by atoms with Crippen LogP contribution in [0.1, 0.15) is 26.2 Å². The second-order valence-corrected chi connectivity index (χ2v) is 6.20. The molecule has 23 heavy (non-hydrogen) atoms. The number of amides is 2. The summed E-state index contributed by atoms with van der Waals surface area (Å²) in [5.41, 5.74) is -0.0137. The van der Waals surface area contributed by atoms with E-state index in [1.165, 1.54) is 12.1 Å². The topological polar surface area (TPSA) is 49.9 Å². The number of benzene rings is 1. The maximum absolute atomic E-state index is 13.5. The third kappa shape index (κ3) is 3.22. The van der Waals surface area contributed by atoms with E-state index in [9.17, 15) is 14.0 Å². The predicted octanol–water partition coefficient (Wildman–Crippen LogP) is 1.96. The van der Waals surface area contributed by atoms with Crippen LogP contribution in [0.25, 0.3) is 0 Å². The van der Waals surface area contributed by atoms with E-state index in [0.29, 0.717) is 25.2 Å². The smallest absolute Gasteiger partial charge is 0.253 e. The number of carbonyl (C=O) groups excluding carboxylic acids is 2. The van der Waals surface area contributed by atoms with E-state index < -0.39 is 5.60 Å². The van der Waals surface area contributed by atoms with Crippen molar-refractivity contribution in [2.45, 2.75) is 31.8 Å². The molecule has 6 heteroatoms. The van der Waals surface area contributed by atoms with Crippen molar-refractivity contribution in [3.63, 3.8) is 0 Å². The molecule has 0 radical (unpaired) electrons. The lowest BCUT2D eigenvalue weighted by molar-refractivity contribution is -0.153. The van der Waals surface area contributed by atoms with Crippen LogP contribution in [0.15, 0.2) is 24.3 Å². The number of ether oxygens (including phenoxy) is 1. The van der Waals surface area contributed by atoms with Crippen LogP contribution in [-0.2, 0) is 14.3 Å². The number of halogens is 1. The zero-order chi connectivity index (χ0) is 16.4. The average molecular weight is 320 g/mol. The number of piperidine rings is 1. The van der Waals surface area contributed by atoms with Gasteiger partial charge in [-0.05, 0) is 31.0 Å². The van der Waals surface area contributed by atoms with Crippen molar-refractivity contribution in [1.82, 2.24) is 4.90 Å². The van der Waals surface area contributed by atoms with E-state index in [0.717, 1.165) is 19.4 Å². The van der Waals surface area contributed by atoms with Crippen LogP contribution < -0.4 is 4.90 Å². The first-order valence-corrected chi connectivity index (χ1v) is 8.01. The summed E-state index contributed by atoms with van der Waals surface area (Å²) in [6.45, 7) is 3.37. The molecule has 0 bridgehead atoms. The van der Waals surface area contributed by atoms with Crippen LogP contribution in [0, 0.1) is 5.82 Å². The van der Waals surface area contributed by atoms with Gasteiger partial charge in [-0.15, -0.1) is 0 Å². The highest BCUT2D eigenvalue weighted by atomic mass is 19.1. The molecule has 1 unspecified atom stereocenters. The van der Waals surface area contributed by atoms with Crippen LogP contribution in [0.2, 0.25) is 0 Å². The molecular weight excluding hydrogens is 299 g/mol. The van der Waals surface area contributed by atoms with Crippen molar-refractivity contribution in [2.75, 3.05) is 31.1 Å². The molecule has 0 aromatic heterocycles. The molecule has 2 aliphatic rings. The maximum atomic E-state index is 13.5. The van der Waals surface area contributed by atoms with Gasteiger partial charge in [-0.2, -0.15) is 0 Å². The summed E-state index contributed by atoms with van der Waals surface area (Å²) in [4.78, 5) is 27.6. The Kier molecular flexibility index (Phi) is 4.35. The molecule has 0 N–H and O–H groups in total. The number of hydrogen-bond acceptors (Lipinski definition) is 3. The van der Waals surface area contributed by atoms with Gasteiger partial charge in [0.05, 0.1) is 13.1 Å². The Morgan fingerprint density at radius 2 is 2.22 bits per heavy atom. The largest absolute Gasteiger partial charge is 0.361 e. The van der Waals surface area contributed by atoms with Gasteiger partial charge < -0.3 is 14.5 Å². The molecule has 2 saturated heterocycles. The van der Waals surface area contributed by atoms with Crippen LogP contribution in [0.4, 0.5) is 10.1 Å². The van der Waals surface area contributed by atoms with Crippen LogP contribution in [-0.4, -0.2) is 48.6 Å². The van der Waals surface area contributed by atoms with E-state index in [1.807, 2.05) is 11.8 Å². The van der Waals surface area contributed by atoms with Gasteiger partial charge in [-0.1, -0.05) is 13.0 Å². The highest BCUT2D eigenvalue weighted by molar-refractivity contribution is 5.95. The molecule has 0 saturated carbocycles.